The number of carboxylic acid groups (broad SMARTS) is 1. The van der Waals surface area contributed by atoms with Crippen LogP contribution in [0.5, 0.6) is 0 Å². The summed E-state index contributed by atoms with van der Waals surface area (Å²) >= 11 is 0. The monoisotopic (exact) mass is 260 g/mol. The van der Waals surface area contributed by atoms with E-state index in [1.165, 1.54) is 0 Å². The maximum absolute atomic E-state index is 11.5. The second kappa shape index (κ2) is 5.64. The number of fused-ring (bicyclic) bond motifs is 1. The van der Waals surface area contributed by atoms with E-state index >= 15 is 0 Å². The summed E-state index contributed by atoms with van der Waals surface area (Å²) < 4.78 is 15.8. The molecule has 0 radical (unpaired) electrons. The molecule has 0 saturated carbocycles. The first-order valence-corrected chi connectivity index (χ1v) is 5.90. The minimum atomic E-state index is -0.936. The van der Waals surface area contributed by atoms with Crippen molar-refractivity contribution in [2.45, 2.75) is 43.7 Å². The molecule has 2 N–H and O–H groups in total. The number of esters is 1. The van der Waals surface area contributed by atoms with Gasteiger partial charge in [0.2, 0.25) is 0 Å². The van der Waals surface area contributed by atoms with Crippen molar-refractivity contribution in [1.82, 2.24) is 0 Å². The fraction of sp³-hybridized carbons (Fsp3) is 0.818. The Balaban J connectivity index is 1.73. The lowest BCUT2D eigenvalue weighted by Crippen LogP contribution is -2.34. The van der Waals surface area contributed by atoms with Crippen LogP contribution in [0.1, 0.15) is 19.3 Å². The zero-order chi connectivity index (χ0) is 13.1. The molecule has 0 aliphatic carbocycles. The van der Waals surface area contributed by atoms with Crippen LogP contribution >= 0.6 is 0 Å². The number of carboxylic acids is 1. The smallest absolute Gasteiger partial charge is 0.306 e. The number of aliphatic hydroxyl groups is 1. The first-order valence-electron chi connectivity index (χ1n) is 5.90. The van der Waals surface area contributed by atoms with Gasteiger partial charge in [-0.15, -0.1) is 0 Å². The number of carbonyl (C=O) groups is 2. The number of aliphatic hydroxyl groups excluding tert-OH is 1. The summed E-state index contributed by atoms with van der Waals surface area (Å²) in [7, 11) is 0. The fourth-order valence-corrected chi connectivity index (χ4v) is 2.16. The summed E-state index contributed by atoms with van der Waals surface area (Å²) in [6.45, 7) is 0.388. The first-order chi connectivity index (χ1) is 8.58. The molecule has 0 bridgehead atoms. The van der Waals surface area contributed by atoms with Gasteiger partial charge in [0.25, 0.3) is 0 Å². The van der Waals surface area contributed by atoms with Crippen LogP contribution in [0.2, 0.25) is 0 Å². The molecule has 7 nitrogen and oxygen atoms in total. The Kier molecular flexibility index (Phi) is 4.15. The molecule has 18 heavy (non-hydrogen) atoms. The molecule has 0 amide bonds. The lowest BCUT2D eigenvalue weighted by Gasteiger charge is -2.16. The molecule has 0 spiro atoms. The van der Waals surface area contributed by atoms with E-state index in [2.05, 4.69) is 0 Å². The summed E-state index contributed by atoms with van der Waals surface area (Å²) in [5, 5.41) is 17.9. The molecule has 2 saturated heterocycles. The maximum Gasteiger partial charge on any atom is 0.306 e. The van der Waals surface area contributed by atoms with E-state index in [9.17, 15) is 14.7 Å². The van der Waals surface area contributed by atoms with Crippen LogP contribution in [0, 0.1) is 0 Å². The number of carbonyl (C=O) groups excluding carboxylic acids is 1. The largest absolute Gasteiger partial charge is 0.481 e. The molecule has 102 valence electrons. The Hall–Kier alpha value is -1.18. The fourth-order valence-electron chi connectivity index (χ4n) is 2.16. The van der Waals surface area contributed by atoms with Gasteiger partial charge in [0.1, 0.15) is 18.3 Å². The number of hydrogen-bond donors (Lipinski definition) is 2. The van der Waals surface area contributed by atoms with E-state index in [-0.39, 0.29) is 32.5 Å². The topological polar surface area (TPSA) is 102 Å². The Morgan fingerprint density at radius 3 is 2.61 bits per heavy atom. The van der Waals surface area contributed by atoms with Crippen LogP contribution in [-0.2, 0) is 23.8 Å². The molecular weight excluding hydrogens is 244 g/mol. The lowest BCUT2D eigenvalue weighted by atomic mass is 10.1. The van der Waals surface area contributed by atoms with Crippen molar-refractivity contribution in [2.75, 3.05) is 13.2 Å². The predicted molar refractivity (Wildman–Crippen MR) is 56.9 cm³/mol. The normalized spacial score (nSPS) is 34.3. The van der Waals surface area contributed by atoms with E-state index in [0.29, 0.717) is 0 Å². The summed E-state index contributed by atoms with van der Waals surface area (Å²) in [6.07, 6.45) is -1.78. The van der Waals surface area contributed by atoms with Crippen molar-refractivity contribution in [3.63, 3.8) is 0 Å². The van der Waals surface area contributed by atoms with Gasteiger partial charge < -0.3 is 24.4 Å². The van der Waals surface area contributed by atoms with E-state index in [1.807, 2.05) is 0 Å². The number of ether oxygens (including phenoxy) is 3. The molecule has 0 unspecified atom stereocenters. The average Bonchev–Trinajstić information content (AvgIpc) is 2.83. The van der Waals surface area contributed by atoms with Gasteiger partial charge in [0.15, 0.2) is 6.10 Å². The van der Waals surface area contributed by atoms with Crippen LogP contribution < -0.4 is 0 Å². The van der Waals surface area contributed by atoms with Gasteiger partial charge in [-0.1, -0.05) is 0 Å². The van der Waals surface area contributed by atoms with Gasteiger partial charge in [0.05, 0.1) is 13.2 Å². The molecule has 2 aliphatic rings. The van der Waals surface area contributed by atoms with Crippen LogP contribution in [0.15, 0.2) is 0 Å². The zero-order valence-electron chi connectivity index (χ0n) is 9.78. The van der Waals surface area contributed by atoms with Crippen molar-refractivity contribution in [3.8, 4) is 0 Å². The predicted octanol–water partition coefficient (Wildman–Crippen LogP) is -0.688. The summed E-state index contributed by atoms with van der Waals surface area (Å²) in [5.41, 5.74) is 0. The Bertz CT molecular complexity index is 329. The first kappa shape index (κ1) is 13.3. The molecule has 0 aromatic carbocycles. The Morgan fingerprint density at radius 1 is 1.17 bits per heavy atom. The second-order valence-electron chi connectivity index (χ2n) is 4.44. The van der Waals surface area contributed by atoms with Crippen LogP contribution in [0.4, 0.5) is 0 Å². The lowest BCUT2D eigenvalue weighted by molar-refractivity contribution is -0.154. The second-order valence-corrected chi connectivity index (χ2v) is 4.44. The zero-order valence-corrected chi connectivity index (χ0v) is 9.78. The van der Waals surface area contributed by atoms with Crippen molar-refractivity contribution in [2.24, 2.45) is 0 Å². The molecule has 0 aromatic rings. The van der Waals surface area contributed by atoms with E-state index in [4.69, 9.17) is 19.3 Å². The maximum atomic E-state index is 11.5. The molecule has 0 aromatic heterocycles. The van der Waals surface area contributed by atoms with Crippen molar-refractivity contribution in [3.05, 3.63) is 0 Å². The van der Waals surface area contributed by atoms with E-state index < -0.39 is 36.4 Å². The molecular formula is C11H16O7. The van der Waals surface area contributed by atoms with Crippen molar-refractivity contribution >= 4 is 11.9 Å². The van der Waals surface area contributed by atoms with Crippen molar-refractivity contribution < 1.29 is 34.0 Å². The van der Waals surface area contributed by atoms with Gasteiger partial charge in [-0.3, -0.25) is 9.59 Å². The van der Waals surface area contributed by atoms with Crippen LogP contribution in [-0.4, -0.2) is 59.8 Å². The van der Waals surface area contributed by atoms with Gasteiger partial charge in [0, 0.05) is 12.8 Å². The van der Waals surface area contributed by atoms with Crippen LogP contribution in [0.25, 0.3) is 0 Å². The number of hydrogen-bond acceptors (Lipinski definition) is 6. The molecule has 2 fully saturated rings. The molecule has 2 aliphatic heterocycles. The molecule has 2 heterocycles. The SMILES string of the molecule is O=C(O)CCCC(=O)O[C@H]1CO[C@H]2[C@@H]1OC[C@H]2O. The van der Waals surface area contributed by atoms with E-state index in [0.717, 1.165) is 0 Å². The van der Waals surface area contributed by atoms with E-state index in [1.54, 1.807) is 0 Å². The number of aliphatic carboxylic acids is 1. The quantitative estimate of drug-likeness (QED) is 0.631. The third-order valence-electron chi connectivity index (χ3n) is 3.04. The average molecular weight is 260 g/mol. The third kappa shape index (κ3) is 2.98. The summed E-state index contributed by atoms with van der Waals surface area (Å²) in [4.78, 5) is 21.8. The highest BCUT2D eigenvalue weighted by molar-refractivity contribution is 5.71. The van der Waals surface area contributed by atoms with Gasteiger partial charge >= 0.3 is 11.9 Å². The highest BCUT2D eigenvalue weighted by Crippen LogP contribution is 2.28. The standard InChI is InChI=1S/C11H16O7/c12-6-4-16-11-7(5-17-10(6)11)18-9(15)3-1-2-8(13)14/h6-7,10-12H,1-5H2,(H,13,14)/t6-,7+,10-,11-/m1/s1. The Labute approximate surface area is 104 Å². The highest BCUT2D eigenvalue weighted by atomic mass is 16.6. The van der Waals surface area contributed by atoms with Crippen molar-refractivity contribution in [1.29, 1.82) is 0 Å². The molecule has 2 rings (SSSR count). The van der Waals surface area contributed by atoms with Gasteiger partial charge in [-0.25, -0.2) is 0 Å². The van der Waals surface area contributed by atoms with Gasteiger partial charge in [-0.05, 0) is 6.42 Å². The van der Waals surface area contributed by atoms with Crippen LogP contribution in [0.3, 0.4) is 0 Å². The minimum absolute atomic E-state index is 0.0580. The van der Waals surface area contributed by atoms with Gasteiger partial charge in [-0.2, -0.15) is 0 Å². The Morgan fingerprint density at radius 2 is 1.89 bits per heavy atom. The number of rotatable bonds is 5. The summed E-state index contributed by atoms with van der Waals surface area (Å²) in [6, 6.07) is 0. The highest BCUT2D eigenvalue weighted by Gasteiger charge is 2.48. The minimum Gasteiger partial charge on any atom is -0.481 e. The third-order valence-corrected chi connectivity index (χ3v) is 3.04. The molecule has 7 heteroatoms. The summed E-state index contributed by atoms with van der Waals surface area (Å²) in [5.74, 6) is -1.40. The molecule has 4 atom stereocenters.